The van der Waals surface area contributed by atoms with Crippen molar-refractivity contribution in [3.05, 3.63) is 12.2 Å². The van der Waals surface area contributed by atoms with Gasteiger partial charge in [-0.05, 0) is 30.6 Å². The van der Waals surface area contributed by atoms with Gasteiger partial charge >= 0.3 is 0 Å². The van der Waals surface area contributed by atoms with Crippen molar-refractivity contribution in [3.63, 3.8) is 0 Å². The van der Waals surface area contributed by atoms with Crippen LogP contribution in [0, 0.1) is 34.0 Å². The maximum Gasteiger partial charge on any atom is 0.0759 e. The Labute approximate surface area is 74.1 Å². The Morgan fingerprint density at radius 2 is 2.08 bits per heavy atom. The first-order chi connectivity index (χ1) is 5.50. The van der Waals surface area contributed by atoms with Crippen LogP contribution in [0.3, 0.4) is 0 Å². The maximum absolute atomic E-state index is 9.08. The molecule has 0 aromatic carbocycles. The first-order valence-electron chi connectivity index (χ1n) is 4.61. The fraction of sp³-hybridized carbons (Fsp3) is 0.727. The van der Waals surface area contributed by atoms with E-state index in [0.29, 0.717) is 11.3 Å². The number of allylic oxidation sites excluding steroid dienone is 2. The number of nitrogens with zero attached hydrogens (tertiary/aromatic N) is 1. The summed E-state index contributed by atoms with van der Waals surface area (Å²) in [5, 5.41) is 9.08. The molecule has 3 unspecified atom stereocenters. The molecule has 0 spiro atoms. The van der Waals surface area contributed by atoms with E-state index in [4.69, 9.17) is 5.26 Å². The molecule has 0 amide bonds. The molecule has 3 atom stereocenters. The Bertz CT molecular complexity index is 282. The Hall–Kier alpha value is -0.770. The van der Waals surface area contributed by atoms with Crippen LogP contribution in [0.15, 0.2) is 12.2 Å². The van der Waals surface area contributed by atoms with Crippen molar-refractivity contribution in [3.8, 4) is 6.07 Å². The third-order valence-electron chi connectivity index (χ3n) is 3.98. The minimum Gasteiger partial charge on any atom is -0.197 e. The molecule has 2 bridgehead atoms. The highest BCUT2D eigenvalue weighted by atomic mass is 14.6. The lowest BCUT2D eigenvalue weighted by molar-refractivity contribution is -0.0499. The fourth-order valence-corrected chi connectivity index (χ4v) is 2.85. The first-order valence-corrected chi connectivity index (χ1v) is 4.61. The Morgan fingerprint density at radius 1 is 1.42 bits per heavy atom. The topological polar surface area (TPSA) is 23.8 Å². The summed E-state index contributed by atoms with van der Waals surface area (Å²) in [5.74, 6) is 1.30. The molecule has 0 saturated heterocycles. The molecule has 0 heterocycles. The minimum atomic E-state index is -0.196. The van der Waals surface area contributed by atoms with Gasteiger partial charge < -0.3 is 0 Å². The fourth-order valence-electron chi connectivity index (χ4n) is 2.85. The molecule has 0 aromatic heterocycles. The van der Waals surface area contributed by atoms with Crippen LogP contribution in [-0.2, 0) is 0 Å². The molecule has 0 radical (unpaired) electrons. The van der Waals surface area contributed by atoms with Crippen LogP contribution in [-0.4, -0.2) is 0 Å². The van der Waals surface area contributed by atoms with Crippen LogP contribution in [0.5, 0.6) is 0 Å². The second-order valence-corrected chi connectivity index (χ2v) is 4.97. The maximum atomic E-state index is 9.08. The van der Waals surface area contributed by atoms with Crippen LogP contribution in [0.4, 0.5) is 0 Å². The van der Waals surface area contributed by atoms with Gasteiger partial charge in [0.2, 0.25) is 0 Å². The zero-order valence-corrected chi connectivity index (χ0v) is 7.96. The Kier molecular flexibility index (Phi) is 1.27. The number of hydrogen-bond acceptors (Lipinski definition) is 1. The van der Waals surface area contributed by atoms with E-state index < -0.39 is 0 Å². The Balaban J connectivity index is 2.41. The lowest BCUT2D eigenvalue weighted by atomic mass is 9.44. The predicted octanol–water partition coefficient (Wildman–Crippen LogP) is 2.75. The summed E-state index contributed by atoms with van der Waals surface area (Å²) < 4.78 is 0. The van der Waals surface area contributed by atoms with E-state index in [1.807, 2.05) is 0 Å². The molecule has 1 fully saturated rings. The summed E-state index contributed by atoms with van der Waals surface area (Å²) in [4.78, 5) is 0. The van der Waals surface area contributed by atoms with E-state index >= 15 is 0 Å². The number of fused-ring (bicyclic) bond motifs is 1. The lowest BCUT2D eigenvalue weighted by Gasteiger charge is -2.59. The summed E-state index contributed by atoms with van der Waals surface area (Å²) >= 11 is 0. The van der Waals surface area contributed by atoms with Gasteiger partial charge in [0.25, 0.3) is 0 Å². The molecule has 3 aliphatic carbocycles. The van der Waals surface area contributed by atoms with Crippen molar-refractivity contribution in [1.82, 2.24) is 0 Å². The highest BCUT2D eigenvalue weighted by molar-refractivity contribution is 5.27. The van der Waals surface area contributed by atoms with Crippen LogP contribution in [0.25, 0.3) is 0 Å². The van der Waals surface area contributed by atoms with Crippen molar-refractivity contribution in [2.24, 2.45) is 22.7 Å². The molecule has 0 N–H and O–H groups in total. The number of nitriles is 1. The van der Waals surface area contributed by atoms with Gasteiger partial charge in [-0.3, -0.25) is 0 Å². The summed E-state index contributed by atoms with van der Waals surface area (Å²) in [6, 6.07) is 2.44. The summed E-state index contributed by atoms with van der Waals surface area (Å²) in [6.07, 6.45) is 5.56. The van der Waals surface area contributed by atoms with E-state index in [9.17, 15) is 0 Å². The van der Waals surface area contributed by atoms with Crippen LogP contribution in [0.2, 0.25) is 0 Å². The molecule has 64 valence electrons. The lowest BCUT2D eigenvalue weighted by Crippen LogP contribution is -2.53. The number of hydrogen-bond donors (Lipinski definition) is 0. The first kappa shape index (κ1) is 7.86. The third-order valence-corrected chi connectivity index (χ3v) is 3.98. The second-order valence-electron chi connectivity index (χ2n) is 4.97. The van der Waals surface area contributed by atoms with Gasteiger partial charge in [0.15, 0.2) is 0 Å². The highest BCUT2D eigenvalue weighted by Gasteiger charge is 2.57. The van der Waals surface area contributed by atoms with E-state index in [0.717, 1.165) is 5.92 Å². The number of rotatable bonds is 0. The Morgan fingerprint density at radius 3 is 2.42 bits per heavy atom. The van der Waals surface area contributed by atoms with Crippen molar-refractivity contribution < 1.29 is 0 Å². The van der Waals surface area contributed by atoms with Crippen molar-refractivity contribution in [1.29, 1.82) is 5.26 Å². The van der Waals surface area contributed by atoms with Gasteiger partial charge in [-0.2, -0.15) is 5.26 Å². The molecule has 12 heavy (non-hydrogen) atoms. The SMILES string of the molecule is CC1(C#N)C=CC2CC1C2(C)C. The molecule has 1 saturated carbocycles. The largest absolute Gasteiger partial charge is 0.197 e. The van der Waals surface area contributed by atoms with Gasteiger partial charge in [0.05, 0.1) is 11.5 Å². The zero-order chi connectivity index (χ0) is 8.98. The molecular formula is C11H15N. The quantitative estimate of drug-likeness (QED) is 0.501. The second kappa shape index (κ2) is 1.93. The molecule has 1 nitrogen and oxygen atoms in total. The highest BCUT2D eigenvalue weighted by Crippen LogP contribution is 2.62. The van der Waals surface area contributed by atoms with Crippen molar-refractivity contribution in [2.45, 2.75) is 27.2 Å². The van der Waals surface area contributed by atoms with Crippen LogP contribution >= 0.6 is 0 Å². The summed E-state index contributed by atoms with van der Waals surface area (Å²) in [6.45, 7) is 6.63. The summed E-state index contributed by atoms with van der Waals surface area (Å²) in [5.41, 5.74) is 0.164. The molecule has 1 heteroatoms. The molecular weight excluding hydrogens is 146 g/mol. The molecule has 3 aliphatic rings. The van der Waals surface area contributed by atoms with Gasteiger partial charge in [-0.25, -0.2) is 0 Å². The van der Waals surface area contributed by atoms with E-state index in [1.165, 1.54) is 6.42 Å². The standard InChI is InChI=1S/C11H15N/c1-10(2)8-4-5-11(3,7-12)9(10)6-8/h4-5,8-9H,6H2,1-3H3. The van der Waals surface area contributed by atoms with Gasteiger partial charge in [-0.15, -0.1) is 0 Å². The van der Waals surface area contributed by atoms with E-state index in [-0.39, 0.29) is 5.41 Å². The molecule has 0 aromatic rings. The molecule has 0 aliphatic heterocycles. The minimum absolute atomic E-state index is 0.196. The average Bonchev–Trinajstić information content (AvgIpc) is 2.04. The van der Waals surface area contributed by atoms with E-state index in [2.05, 4.69) is 39.0 Å². The van der Waals surface area contributed by atoms with Crippen LogP contribution in [0.1, 0.15) is 27.2 Å². The van der Waals surface area contributed by atoms with Crippen molar-refractivity contribution in [2.75, 3.05) is 0 Å². The zero-order valence-electron chi connectivity index (χ0n) is 7.96. The van der Waals surface area contributed by atoms with Gasteiger partial charge in [-0.1, -0.05) is 26.0 Å². The monoisotopic (exact) mass is 161 g/mol. The molecule has 3 rings (SSSR count). The van der Waals surface area contributed by atoms with Gasteiger partial charge in [0.1, 0.15) is 0 Å². The smallest absolute Gasteiger partial charge is 0.0759 e. The van der Waals surface area contributed by atoms with Crippen molar-refractivity contribution >= 4 is 0 Å². The average molecular weight is 161 g/mol. The third kappa shape index (κ3) is 0.684. The van der Waals surface area contributed by atoms with Gasteiger partial charge in [0, 0.05) is 0 Å². The van der Waals surface area contributed by atoms with Crippen LogP contribution < -0.4 is 0 Å². The predicted molar refractivity (Wildman–Crippen MR) is 48.2 cm³/mol. The normalized spacial score (nSPS) is 47.8. The van der Waals surface area contributed by atoms with E-state index in [1.54, 1.807) is 0 Å². The summed E-state index contributed by atoms with van der Waals surface area (Å²) in [7, 11) is 0.